The summed E-state index contributed by atoms with van der Waals surface area (Å²) in [5.41, 5.74) is 3.66. The molecule has 0 aliphatic carbocycles. The molecule has 1 N–H and O–H groups in total. The van der Waals surface area contributed by atoms with Crippen LogP contribution in [0.2, 0.25) is 0 Å². The lowest BCUT2D eigenvalue weighted by molar-refractivity contribution is -0.129. The number of amides is 1. The topological polar surface area (TPSA) is 53.4 Å². The molecule has 4 nitrogen and oxygen atoms in total. The molecule has 3 aromatic rings. The maximum atomic E-state index is 13.5. The minimum Gasteiger partial charge on any atom is -0.391 e. The molecule has 144 valence electrons. The van der Waals surface area contributed by atoms with Gasteiger partial charge in [-0.05, 0) is 54.3 Å². The second kappa shape index (κ2) is 7.68. The molecular formula is C23H23FN2O2. The molecule has 1 fully saturated rings. The van der Waals surface area contributed by atoms with Gasteiger partial charge in [0, 0.05) is 30.6 Å². The van der Waals surface area contributed by atoms with Crippen LogP contribution in [0, 0.1) is 18.7 Å². The highest BCUT2D eigenvalue weighted by molar-refractivity contribution is 5.82. The number of para-hydroxylation sites is 1. The van der Waals surface area contributed by atoms with Gasteiger partial charge in [-0.25, -0.2) is 4.39 Å². The Kier molecular flexibility index (Phi) is 5.09. The lowest BCUT2D eigenvalue weighted by atomic mass is 9.94. The van der Waals surface area contributed by atoms with Gasteiger partial charge in [-0.1, -0.05) is 24.3 Å². The summed E-state index contributed by atoms with van der Waals surface area (Å²) in [6.07, 6.45) is 2.06. The second-order valence-electron chi connectivity index (χ2n) is 7.57. The van der Waals surface area contributed by atoms with Crippen LogP contribution in [0.25, 0.3) is 10.9 Å². The molecule has 5 heteroatoms. The van der Waals surface area contributed by atoms with E-state index in [0.29, 0.717) is 25.1 Å². The average molecular weight is 378 g/mol. The van der Waals surface area contributed by atoms with Crippen LogP contribution >= 0.6 is 0 Å². The Labute approximate surface area is 163 Å². The van der Waals surface area contributed by atoms with Crippen molar-refractivity contribution >= 4 is 16.8 Å². The Morgan fingerprint density at radius 2 is 2.00 bits per heavy atom. The number of nitrogens with zero attached hydrogens (tertiary/aromatic N) is 2. The number of aliphatic hydroxyl groups is 1. The van der Waals surface area contributed by atoms with E-state index in [1.807, 2.05) is 37.3 Å². The standard InChI is InChI=1S/C23H23FN2O2/c1-15-6-7-19(24)11-17(15)12-23(28)26-13-18(22(27)14-26)10-16-8-9-25-21-5-3-2-4-20(16)21/h2-9,11,18,22,27H,10,12-14H2,1H3/t18-,22-/m1/s1. The first-order chi connectivity index (χ1) is 13.5. The lowest BCUT2D eigenvalue weighted by Crippen LogP contribution is -2.31. The number of aromatic nitrogens is 1. The van der Waals surface area contributed by atoms with Crippen molar-refractivity contribution in [3.8, 4) is 0 Å². The molecule has 1 saturated heterocycles. The predicted octanol–water partition coefficient (Wildman–Crippen LogP) is 3.29. The molecule has 28 heavy (non-hydrogen) atoms. The van der Waals surface area contributed by atoms with E-state index in [2.05, 4.69) is 4.98 Å². The van der Waals surface area contributed by atoms with Gasteiger partial charge in [-0.15, -0.1) is 0 Å². The van der Waals surface area contributed by atoms with E-state index in [4.69, 9.17) is 0 Å². The Bertz CT molecular complexity index is 1020. The minimum atomic E-state index is -0.565. The van der Waals surface area contributed by atoms with Gasteiger partial charge in [-0.2, -0.15) is 0 Å². The number of hydrogen-bond donors (Lipinski definition) is 1. The fourth-order valence-corrected chi connectivity index (χ4v) is 3.98. The molecule has 1 aromatic heterocycles. The average Bonchev–Trinajstić information content (AvgIpc) is 3.06. The van der Waals surface area contributed by atoms with E-state index in [1.54, 1.807) is 17.2 Å². The minimum absolute atomic E-state index is 0.0247. The summed E-state index contributed by atoms with van der Waals surface area (Å²) in [5, 5.41) is 11.6. The quantitative estimate of drug-likeness (QED) is 0.758. The van der Waals surface area contributed by atoms with Crippen molar-refractivity contribution in [1.29, 1.82) is 0 Å². The first kappa shape index (κ1) is 18.6. The van der Waals surface area contributed by atoms with E-state index in [0.717, 1.165) is 22.0 Å². The summed E-state index contributed by atoms with van der Waals surface area (Å²) >= 11 is 0. The second-order valence-corrected chi connectivity index (χ2v) is 7.57. The number of carbonyl (C=O) groups excluding carboxylic acids is 1. The zero-order chi connectivity index (χ0) is 19.7. The molecule has 1 amide bonds. The van der Waals surface area contributed by atoms with Crippen LogP contribution in [0.4, 0.5) is 4.39 Å². The van der Waals surface area contributed by atoms with Crippen LogP contribution < -0.4 is 0 Å². The summed E-state index contributed by atoms with van der Waals surface area (Å²) in [5.74, 6) is -0.435. The number of rotatable bonds is 4. The maximum Gasteiger partial charge on any atom is 0.227 e. The molecule has 1 aliphatic heterocycles. The molecular weight excluding hydrogens is 355 g/mol. The van der Waals surface area contributed by atoms with Gasteiger partial charge in [0.15, 0.2) is 0 Å². The number of halogens is 1. The van der Waals surface area contributed by atoms with Gasteiger partial charge in [0.25, 0.3) is 0 Å². The highest BCUT2D eigenvalue weighted by Gasteiger charge is 2.34. The van der Waals surface area contributed by atoms with Crippen molar-refractivity contribution < 1.29 is 14.3 Å². The number of pyridine rings is 1. The fraction of sp³-hybridized carbons (Fsp3) is 0.304. The molecule has 0 unspecified atom stereocenters. The monoisotopic (exact) mass is 378 g/mol. The van der Waals surface area contributed by atoms with Crippen molar-refractivity contribution in [2.45, 2.75) is 25.9 Å². The van der Waals surface area contributed by atoms with Crippen molar-refractivity contribution in [2.75, 3.05) is 13.1 Å². The third-order valence-electron chi connectivity index (χ3n) is 5.63. The van der Waals surface area contributed by atoms with Crippen molar-refractivity contribution in [1.82, 2.24) is 9.88 Å². The summed E-state index contributed by atoms with van der Waals surface area (Å²) in [4.78, 5) is 18.8. The fourth-order valence-electron chi connectivity index (χ4n) is 3.98. The molecule has 2 heterocycles. The molecule has 0 bridgehead atoms. The van der Waals surface area contributed by atoms with Crippen LogP contribution in [0.3, 0.4) is 0 Å². The van der Waals surface area contributed by atoms with Crippen molar-refractivity contribution in [3.05, 3.63) is 77.2 Å². The molecule has 0 saturated carbocycles. The SMILES string of the molecule is Cc1ccc(F)cc1CC(=O)N1C[C@@H](Cc2ccnc3ccccc23)[C@H](O)C1. The molecule has 2 aromatic carbocycles. The summed E-state index contributed by atoms with van der Waals surface area (Å²) in [6, 6.07) is 14.4. The number of aliphatic hydroxyl groups excluding tert-OH is 1. The lowest BCUT2D eigenvalue weighted by Gasteiger charge is -2.17. The molecule has 0 radical (unpaired) electrons. The molecule has 0 spiro atoms. The Hall–Kier alpha value is -2.79. The van der Waals surface area contributed by atoms with Crippen LogP contribution in [-0.2, 0) is 17.6 Å². The largest absolute Gasteiger partial charge is 0.391 e. The Morgan fingerprint density at radius 3 is 2.86 bits per heavy atom. The zero-order valence-electron chi connectivity index (χ0n) is 15.8. The van der Waals surface area contributed by atoms with Gasteiger partial charge < -0.3 is 10.0 Å². The zero-order valence-corrected chi connectivity index (χ0v) is 15.8. The highest BCUT2D eigenvalue weighted by Crippen LogP contribution is 2.26. The molecule has 1 aliphatic rings. The van der Waals surface area contributed by atoms with Gasteiger partial charge in [0.1, 0.15) is 5.82 Å². The third kappa shape index (κ3) is 3.76. The van der Waals surface area contributed by atoms with Gasteiger partial charge in [0.2, 0.25) is 5.91 Å². The van der Waals surface area contributed by atoms with E-state index in [-0.39, 0.29) is 24.1 Å². The highest BCUT2D eigenvalue weighted by atomic mass is 19.1. The number of benzene rings is 2. The van der Waals surface area contributed by atoms with E-state index in [1.165, 1.54) is 12.1 Å². The smallest absolute Gasteiger partial charge is 0.227 e. The summed E-state index contributed by atoms with van der Waals surface area (Å²) in [6.45, 7) is 2.70. The van der Waals surface area contributed by atoms with Crippen LogP contribution in [0.15, 0.2) is 54.7 Å². The van der Waals surface area contributed by atoms with Crippen molar-refractivity contribution in [2.24, 2.45) is 5.92 Å². The van der Waals surface area contributed by atoms with Crippen LogP contribution in [0.5, 0.6) is 0 Å². The predicted molar refractivity (Wildman–Crippen MR) is 106 cm³/mol. The van der Waals surface area contributed by atoms with E-state index >= 15 is 0 Å². The van der Waals surface area contributed by atoms with Gasteiger partial charge in [-0.3, -0.25) is 9.78 Å². The summed E-state index contributed by atoms with van der Waals surface area (Å²) < 4.78 is 13.5. The first-order valence-corrected chi connectivity index (χ1v) is 9.55. The maximum absolute atomic E-state index is 13.5. The Morgan fingerprint density at radius 1 is 1.18 bits per heavy atom. The summed E-state index contributed by atoms with van der Waals surface area (Å²) in [7, 11) is 0. The van der Waals surface area contributed by atoms with Crippen LogP contribution in [-0.4, -0.2) is 40.1 Å². The molecule has 2 atom stereocenters. The Balaban J connectivity index is 1.47. The number of fused-ring (bicyclic) bond motifs is 1. The van der Waals surface area contributed by atoms with Gasteiger partial charge >= 0.3 is 0 Å². The first-order valence-electron chi connectivity index (χ1n) is 9.55. The van der Waals surface area contributed by atoms with Crippen LogP contribution in [0.1, 0.15) is 16.7 Å². The number of likely N-dealkylation sites (tertiary alicyclic amines) is 1. The van der Waals surface area contributed by atoms with Crippen molar-refractivity contribution in [3.63, 3.8) is 0 Å². The van der Waals surface area contributed by atoms with E-state index in [9.17, 15) is 14.3 Å². The number of carbonyl (C=O) groups is 1. The number of hydrogen-bond acceptors (Lipinski definition) is 3. The normalized spacial score (nSPS) is 19.3. The van der Waals surface area contributed by atoms with Gasteiger partial charge in [0.05, 0.1) is 18.0 Å². The molecule has 4 rings (SSSR count). The van der Waals surface area contributed by atoms with E-state index < -0.39 is 6.10 Å². The number of aryl methyl sites for hydroxylation is 1. The number of β-amino-alcohol motifs (C(OH)–C–C–N with tert-alkyl or cyclic N) is 1. The third-order valence-corrected chi connectivity index (χ3v) is 5.63.